The number of piperazine rings is 1. The smallest absolute Gasteiger partial charge is 0.294 e. The molecule has 0 aliphatic carbocycles. The lowest BCUT2D eigenvalue weighted by Gasteiger charge is -2.36. The Morgan fingerprint density at radius 3 is 2.29 bits per heavy atom. The summed E-state index contributed by atoms with van der Waals surface area (Å²) in [6.07, 6.45) is 1.59. The summed E-state index contributed by atoms with van der Waals surface area (Å²) in [5.74, 6) is -0.847. The van der Waals surface area contributed by atoms with E-state index in [0.717, 1.165) is 22.3 Å². The van der Waals surface area contributed by atoms with Gasteiger partial charge in [0.1, 0.15) is 12.3 Å². The van der Waals surface area contributed by atoms with Gasteiger partial charge < -0.3 is 20.3 Å². The highest BCUT2D eigenvalue weighted by Gasteiger charge is 2.37. The zero-order valence-corrected chi connectivity index (χ0v) is 19.2. The van der Waals surface area contributed by atoms with Gasteiger partial charge in [-0.3, -0.25) is 24.1 Å². The summed E-state index contributed by atoms with van der Waals surface area (Å²) in [5.41, 5.74) is 6.84. The molecule has 0 radical (unpaired) electrons. The third kappa shape index (κ3) is 5.57. The Balaban J connectivity index is 1.33. The Kier molecular flexibility index (Phi) is 7.17. The van der Waals surface area contributed by atoms with Crippen molar-refractivity contribution in [2.75, 3.05) is 44.2 Å². The quantitative estimate of drug-likeness (QED) is 0.603. The van der Waals surface area contributed by atoms with E-state index in [1.807, 2.05) is 30.3 Å². The predicted molar refractivity (Wildman–Crippen MR) is 129 cm³/mol. The largest absolute Gasteiger partial charge is 0.484 e. The van der Waals surface area contributed by atoms with Crippen molar-refractivity contribution in [1.82, 2.24) is 9.80 Å². The molecule has 176 valence electrons. The number of carbonyl (C=O) groups excluding carboxylic acids is 4. The fourth-order valence-electron chi connectivity index (χ4n) is 3.69. The van der Waals surface area contributed by atoms with Crippen LogP contribution < -0.4 is 15.4 Å². The number of rotatable bonds is 7. The zero-order chi connectivity index (χ0) is 24.1. The summed E-state index contributed by atoms with van der Waals surface area (Å²) in [5, 5.41) is -0.464. The predicted octanol–water partition coefficient (Wildman–Crippen LogP) is 1.94. The summed E-state index contributed by atoms with van der Waals surface area (Å²) >= 11 is 0.808. The van der Waals surface area contributed by atoms with Crippen molar-refractivity contribution in [1.29, 1.82) is 0 Å². The van der Waals surface area contributed by atoms with Gasteiger partial charge in [-0.2, -0.15) is 0 Å². The van der Waals surface area contributed by atoms with E-state index in [1.54, 1.807) is 35.2 Å². The van der Waals surface area contributed by atoms with Crippen molar-refractivity contribution in [3.63, 3.8) is 0 Å². The number of imide groups is 1. The van der Waals surface area contributed by atoms with Crippen LogP contribution in [0.4, 0.5) is 10.5 Å². The average Bonchev–Trinajstić information content (AvgIpc) is 3.11. The van der Waals surface area contributed by atoms with Crippen LogP contribution in [-0.4, -0.2) is 72.1 Å². The summed E-state index contributed by atoms with van der Waals surface area (Å²) in [6.45, 7) is 1.95. The minimum Gasteiger partial charge on any atom is -0.484 e. The van der Waals surface area contributed by atoms with Crippen LogP contribution in [0.5, 0.6) is 5.75 Å². The molecule has 2 aromatic rings. The Bertz CT molecular complexity index is 1110. The van der Waals surface area contributed by atoms with Crippen LogP contribution in [0.1, 0.15) is 5.56 Å². The Morgan fingerprint density at radius 1 is 0.971 bits per heavy atom. The number of thioether (sulfide) groups is 1. The number of anilines is 1. The van der Waals surface area contributed by atoms with Gasteiger partial charge in [0, 0.05) is 31.9 Å². The monoisotopic (exact) mass is 480 g/mol. The molecular weight excluding hydrogens is 456 g/mol. The standard InChI is InChI=1S/C24H24N4O5S/c25-21(29)16-33-19-8-6-17(7-9-19)14-20-23(31)28(24(32)34-20)15-22(30)27-12-10-26(11-13-27)18-4-2-1-3-5-18/h1-9,14H,10-13,15-16H2,(H2,25,29)/b20-14+. The second-order valence-corrected chi connectivity index (χ2v) is 8.79. The second kappa shape index (κ2) is 10.4. The van der Waals surface area contributed by atoms with Gasteiger partial charge >= 0.3 is 0 Å². The summed E-state index contributed by atoms with van der Waals surface area (Å²) < 4.78 is 5.21. The minimum absolute atomic E-state index is 0.229. The topological polar surface area (TPSA) is 113 Å². The number of carbonyl (C=O) groups is 4. The van der Waals surface area contributed by atoms with Gasteiger partial charge in [0.25, 0.3) is 17.1 Å². The molecule has 0 atom stereocenters. The maximum absolute atomic E-state index is 12.8. The number of benzene rings is 2. The molecule has 10 heteroatoms. The molecule has 2 saturated heterocycles. The van der Waals surface area contributed by atoms with E-state index in [0.29, 0.717) is 37.5 Å². The first-order chi connectivity index (χ1) is 16.4. The molecule has 2 aromatic carbocycles. The fourth-order valence-corrected chi connectivity index (χ4v) is 4.53. The van der Waals surface area contributed by atoms with Gasteiger partial charge in [0.2, 0.25) is 5.91 Å². The highest BCUT2D eigenvalue weighted by atomic mass is 32.2. The fraction of sp³-hybridized carbons (Fsp3) is 0.250. The number of nitrogens with two attached hydrogens (primary N) is 1. The molecule has 0 saturated carbocycles. The van der Waals surface area contributed by atoms with Gasteiger partial charge in [-0.05, 0) is 47.7 Å². The number of para-hydroxylation sites is 1. The maximum Gasteiger partial charge on any atom is 0.294 e. The molecule has 0 aromatic heterocycles. The van der Waals surface area contributed by atoms with Crippen LogP contribution in [-0.2, 0) is 14.4 Å². The third-order valence-corrected chi connectivity index (χ3v) is 6.39. The summed E-state index contributed by atoms with van der Waals surface area (Å²) in [7, 11) is 0. The van der Waals surface area contributed by atoms with Crippen LogP contribution in [0.2, 0.25) is 0 Å². The van der Waals surface area contributed by atoms with Gasteiger partial charge in [-0.25, -0.2) is 0 Å². The van der Waals surface area contributed by atoms with E-state index in [2.05, 4.69) is 4.90 Å². The lowest BCUT2D eigenvalue weighted by Crippen LogP contribution is -2.51. The van der Waals surface area contributed by atoms with Gasteiger partial charge in [0.05, 0.1) is 4.91 Å². The van der Waals surface area contributed by atoms with E-state index in [9.17, 15) is 19.2 Å². The minimum atomic E-state index is -0.578. The number of primary amides is 1. The first-order valence-electron chi connectivity index (χ1n) is 10.7. The molecule has 2 aliphatic rings. The summed E-state index contributed by atoms with van der Waals surface area (Å²) in [6, 6.07) is 16.7. The van der Waals surface area contributed by atoms with E-state index in [4.69, 9.17) is 10.5 Å². The Labute approximate surface area is 201 Å². The highest BCUT2D eigenvalue weighted by molar-refractivity contribution is 8.18. The van der Waals surface area contributed by atoms with Crippen LogP contribution in [0.25, 0.3) is 6.08 Å². The molecule has 0 unspecified atom stereocenters. The summed E-state index contributed by atoms with van der Waals surface area (Å²) in [4.78, 5) is 53.9. The lowest BCUT2D eigenvalue weighted by molar-refractivity contribution is -0.136. The van der Waals surface area contributed by atoms with E-state index >= 15 is 0 Å². The normalized spacial score (nSPS) is 17.4. The van der Waals surface area contributed by atoms with Crippen molar-refractivity contribution >= 4 is 46.5 Å². The number of amides is 4. The maximum atomic E-state index is 12.8. The van der Waals surface area contributed by atoms with Crippen molar-refractivity contribution in [3.8, 4) is 5.75 Å². The first-order valence-corrected chi connectivity index (χ1v) is 11.6. The van der Waals surface area contributed by atoms with E-state index in [-0.39, 0.29) is 24.0 Å². The molecule has 2 fully saturated rings. The number of nitrogens with zero attached hydrogens (tertiary/aromatic N) is 3. The van der Waals surface area contributed by atoms with Crippen LogP contribution in [0, 0.1) is 0 Å². The number of ether oxygens (including phenoxy) is 1. The molecular formula is C24H24N4O5S. The zero-order valence-electron chi connectivity index (χ0n) is 18.4. The molecule has 4 rings (SSSR count). The number of hydrogen-bond donors (Lipinski definition) is 1. The van der Waals surface area contributed by atoms with Gasteiger partial charge in [-0.15, -0.1) is 0 Å². The first kappa shape index (κ1) is 23.4. The molecule has 0 bridgehead atoms. The van der Waals surface area contributed by atoms with Crippen LogP contribution >= 0.6 is 11.8 Å². The molecule has 2 aliphatic heterocycles. The van der Waals surface area contributed by atoms with Crippen molar-refractivity contribution in [2.45, 2.75) is 0 Å². The Hall–Kier alpha value is -3.79. The van der Waals surface area contributed by atoms with Gasteiger partial charge in [-0.1, -0.05) is 30.3 Å². The van der Waals surface area contributed by atoms with Crippen LogP contribution in [0.15, 0.2) is 59.5 Å². The van der Waals surface area contributed by atoms with E-state index < -0.39 is 17.1 Å². The Morgan fingerprint density at radius 2 is 1.65 bits per heavy atom. The van der Waals surface area contributed by atoms with Crippen LogP contribution in [0.3, 0.4) is 0 Å². The van der Waals surface area contributed by atoms with Crippen molar-refractivity contribution in [3.05, 3.63) is 65.1 Å². The van der Waals surface area contributed by atoms with E-state index in [1.165, 1.54) is 0 Å². The molecule has 9 nitrogen and oxygen atoms in total. The average molecular weight is 481 g/mol. The molecule has 2 N–H and O–H groups in total. The number of hydrogen-bond acceptors (Lipinski definition) is 7. The second-order valence-electron chi connectivity index (χ2n) is 7.80. The molecule has 4 amide bonds. The van der Waals surface area contributed by atoms with Crippen molar-refractivity contribution < 1.29 is 23.9 Å². The highest BCUT2D eigenvalue weighted by Crippen LogP contribution is 2.32. The van der Waals surface area contributed by atoms with Gasteiger partial charge in [0.15, 0.2) is 6.61 Å². The SMILES string of the molecule is NC(=O)COc1ccc(/C=C2/SC(=O)N(CC(=O)N3CCN(c4ccccc4)CC3)C2=O)cc1. The lowest BCUT2D eigenvalue weighted by atomic mass is 10.2. The third-order valence-electron chi connectivity index (χ3n) is 5.48. The molecule has 34 heavy (non-hydrogen) atoms. The molecule has 2 heterocycles. The van der Waals surface area contributed by atoms with Crippen molar-refractivity contribution in [2.24, 2.45) is 5.73 Å². The molecule has 0 spiro atoms.